The van der Waals surface area contributed by atoms with E-state index in [1.165, 1.54) is 25.7 Å². The van der Waals surface area contributed by atoms with Crippen LogP contribution in [0.2, 0.25) is 0 Å². The molecule has 0 spiro atoms. The van der Waals surface area contributed by atoms with Crippen LogP contribution in [0.1, 0.15) is 46.5 Å². The summed E-state index contributed by atoms with van der Waals surface area (Å²) in [5.74, 6) is 0.243. The Hall–Kier alpha value is -0.130. The van der Waals surface area contributed by atoms with Crippen molar-refractivity contribution >= 4 is 9.84 Å². The van der Waals surface area contributed by atoms with Gasteiger partial charge >= 0.3 is 0 Å². The molecule has 0 heterocycles. The SMILES string of the molecule is CC(C)(C)S(=O)(=O)CCN(CCN)C1CCCC1. The van der Waals surface area contributed by atoms with E-state index in [9.17, 15) is 8.42 Å². The number of hydrogen-bond donors (Lipinski definition) is 1. The molecule has 0 aromatic rings. The van der Waals surface area contributed by atoms with Crippen molar-refractivity contribution in [2.75, 3.05) is 25.4 Å². The predicted octanol–water partition coefficient (Wildman–Crippen LogP) is 1.40. The summed E-state index contributed by atoms with van der Waals surface area (Å²) in [4.78, 5) is 2.27. The average Bonchev–Trinajstić information content (AvgIpc) is 2.75. The Morgan fingerprint density at radius 3 is 2.17 bits per heavy atom. The van der Waals surface area contributed by atoms with Crippen LogP contribution in [0.15, 0.2) is 0 Å². The molecule has 0 amide bonds. The van der Waals surface area contributed by atoms with Crippen LogP contribution in [0.5, 0.6) is 0 Å². The highest BCUT2D eigenvalue weighted by atomic mass is 32.2. The van der Waals surface area contributed by atoms with Gasteiger partial charge in [0.25, 0.3) is 0 Å². The first kappa shape index (κ1) is 15.9. The van der Waals surface area contributed by atoms with E-state index in [0.29, 0.717) is 19.1 Å². The van der Waals surface area contributed by atoms with Gasteiger partial charge in [0, 0.05) is 25.7 Å². The summed E-state index contributed by atoms with van der Waals surface area (Å²) in [6.07, 6.45) is 4.90. The Morgan fingerprint density at radius 2 is 1.72 bits per heavy atom. The standard InChI is InChI=1S/C13H28N2O2S/c1-13(2,3)18(16,17)11-10-15(9-8-14)12-6-4-5-7-12/h12H,4-11,14H2,1-3H3. The lowest BCUT2D eigenvalue weighted by molar-refractivity contribution is 0.215. The fourth-order valence-electron chi connectivity index (χ4n) is 2.46. The maximum Gasteiger partial charge on any atom is 0.156 e. The minimum atomic E-state index is -3.02. The minimum Gasteiger partial charge on any atom is -0.329 e. The van der Waals surface area contributed by atoms with E-state index in [4.69, 9.17) is 5.73 Å². The summed E-state index contributed by atoms with van der Waals surface area (Å²) in [6.45, 7) is 7.35. The molecule has 0 bridgehead atoms. The molecule has 2 N–H and O–H groups in total. The maximum absolute atomic E-state index is 12.1. The molecule has 1 aliphatic rings. The van der Waals surface area contributed by atoms with Crippen molar-refractivity contribution in [1.82, 2.24) is 4.90 Å². The normalized spacial score (nSPS) is 18.7. The third-order valence-corrected chi connectivity index (χ3v) is 6.42. The van der Waals surface area contributed by atoms with Crippen LogP contribution in [0.3, 0.4) is 0 Å². The van der Waals surface area contributed by atoms with Gasteiger partial charge in [-0.05, 0) is 33.6 Å². The molecule has 1 aliphatic carbocycles. The number of nitrogens with zero attached hydrogens (tertiary/aromatic N) is 1. The molecule has 18 heavy (non-hydrogen) atoms. The molecule has 108 valence electrons. The van der Waals surface area contributed by atoms with Crippen molar-refractivity contribution in [2.45, 2.75) is 57.2 Å². The molecule has 0 aromatic carbocycles. The van der Waals surface area contributed by atoms with Gasteiger partial charge in [-0.25, -0.2) is 8.42 Å². The molecular weight excluding hydrogens is 248 g/mol. The molecule has 5 heteroatoms. The van der Waals surface area contributed by atoms with Gasteiger partial charge in [-0.1, -0.05) is 12.8 Å². The van der Waals surface area contributed by atoms with E-state index in [2.05, 4.69) is 4.90 Å². The highest BCUT2D eigenvalue weighted by Crippen LogP contribution is 2.24. The van der Waals surface area contributed by atoms with Crippen molar-refractivity contribution in [3.63, 3.8) is 0 Å². The Kier molecular flexibility index (Phi) is 5.62. The van der Waals surface area contributed by atoms with Gasteiger partial charge in [0.2, 0.25) is 0 Å². The third-order valence-electron chi connectivity index (χ3n) is 3.84. The first-order valence-electron chi connectivity index (χ1n) is 6.94. The van der Waals surface area contributed by atoms with Crippen molar-refractivity contribution in [1.29, 1.82) is 0 Å². The Bertz CT molecular complexity index is 340. The minimum absolute atomic E-state index is 0.243. The molecule has 4 nitrogen and oxygen atoms in total. The van der Waals surface area contributed by atoms with E-state index in [1.54, 1.807) is 20.8 Å². The molecule has 0 atom stereocenters. The summed E-state index contributed by atoms with van der Waals surface area (Å²) < 4.78 is 23.6. The van der Waals surface area contributed by atoms with Gasteiger partial charge in [0.05, 0.1) is 10.5 Å². The van der Waals surface area contributed by atoms with Gasteiger partial charge in [0.15, 0.2) is 9.84 Å². The molecule has 0 unspecified atom stereocenters. The van der Waals surface area contributed by atoms with Crippen LogP contribution >= 0.6 is 0 Å². The zero-order valence-electron chi connectivity index (χ0n) is 12.0. The van der Waals surface area contributed by atoms with E-state index in [1.807, 2.05) is 0 Å². The van der Waals surface area contributed by atoms with Crippen LogP contribution in [0, 0.1) is 0 Å². The van der Waals surface area contributed by atoms with Crippen LogP contribution in [0.25, 0.3) is 0 Å². The average molecular weight is 276 g/mol. The Labute approximate surface area is 112 Å². The fraction of sp³-hybridized carbons (Fsp3) is 1.00. The first-order valence-corrected chi connectivity index (χ1v) is 8.59. The lowest BCUT2D eigenvalue weighted by atomic mass is 10.2. The lowest BCUT2D eigenvalue weighted by Gasteiger charge is -2.29. The molecule has 0 aliphatic heterocycles. The Balaban J connectivity index is 2.57. The van der Waals surface area contributed by atoms with E-state index in [-0.39, 0.29) is 5.75 Å². The number of rotatable bonds is 6. The highest BCUT2D eigenvalue weighted by Gasteiger charge is 2.30. The lowest BCUT2D eigenvalue weighted by Crippen LogP contribution is -2.42. The van der Waals surface area contributed by atoms with E-state index >= 15 is 0 Å². The summed E-state index contributed by atoms with van der Waals surface area (Å²) in [5.41, 5.74) is 5.63. The summed E-state index contributed by atoms with van der Waals surface area (Å²) >= 11 is 0. The highest BCUT2D eigenvalue weighted by molar-refractivity contribution is 7.92. The van der Waals surface area contributed by atoms with Crippen LogP contribution in [-0.2, 0) is 9.84 Å². The van der Waals surface area contributed by atoms with Gasteiger partial charge in [-0.2, -0.15) is 0 Å². The first-order chi connectivity index (χ1) is 8.28. The summed E-state index contributed by atoms with van der Waals surface area (Å²) in [5, 5.41) is 0. The van der Waals surface area contributed by atoms with Crippen molar-refractivity contribution < 1.29 is 8.42 Å². The second-order valence-corrected chi connectivity index (χ2v) is 9.06. The third kappa shape index (κ3) is 4.21. The number of hydrogen-bond acceptors (Lipinski definition) is 4. The quantitative estimate of drug-likeness (QED) is 0.796. The predicted molar refractivity (Wildman–Crippen MR) is 76.4 cm³/mol. The monoisotopic (exact) mass is 276 g/mol. The summed E-state index contributed by atoms with van der Waals surface area (Å²) in [7, 11) is -3.02. The molecule has 1 rings (SSSR count). The van der Waals surface area contributed by atoms with Crippen molar-refractivity contribution in [2.24, 2.45) is 5.73 Å². The molecule has 0 saturated heterocycles. The van der Waals surface area contributed by atoms with Gasteiger partial charge in [-0.3, -0.25) is 4.90 Å². The largest absolute Gasteiger partial charge is 0.329 e. The zero-order valence-corrected chi connectivity index (χ0v) is 12.8. The summed E-state index contributed by atoms with van der Waals surface area (Å²) in [6, 6.07) is 0.545. The molecule has 1 fully saturated rings. The number of sulfone groups is 1. The Morgan fingerprint density at radius 1 is 1.17 bits per heavy atom. The molecular formula is C13H28N2O2S. The second-order valence-electron chi connectivity index (χ2n) is 6.19. The van der Waals surface area contributed by atoms with Crippen molar-refractivity contribution in [3.05, 3.63) is 0 Å². The van der Waals surface area contributed by atoms with Gasteiger partial charge in [-0.15, -0.1) is 0 Å². The zero-order chi connectivity index (χ0) is 13.8. The molecule has 0 radical (unpaired) electrons. The van der Waals surface area contributed by atoms with E-state index < -0.39 is 14.6 Å². The molecule has 1 saturated carbocycles. The maximum atomic E-state index is 12.1. The van der Waals surface area contributed by atoms with Gasteiger partial charge < -0.3 is 5.73 Å². The van der Waals surface area contributed by atoms with Gasteiger partial charge in [0.1, 0.15) is 0 Å². The van der Waals surface area contributed by atoms with Crippen LogP contribution in [-0.4, -0.2) is 49.5 Å². The van der Waals surface area contributed by atoms with Crippen LogP contribution < -0.4 is 5.73 Å². The molecule has 0 aromatic heterocycles. The van der Waals surface area contributed by atoms with Crippen molar-refractivity contribution in [3.8, 4) is 0 Å². The second kappa shape index (κ2) is 6.35. The fourth-order valence-corrected chi connectivity index (χ4v) is 3.54. The number of nitrogens with two attached hydrogens (primary N) is 1. The smallest absolute Gasteiger partial charge is 0.156 e. The van der Waals surface area contributed by atoms with Crippen LogP contribution in [0.4, 0.5) is 0 Å². The topological polar surface area (TPSA) is 63.4 Å². The van der Waals surface area contributed by atoms with E-state index in [0.717, 1.165) is 6.54 Å².